The second-order valence-corrected chi connectivity index (χ2v) is 9.82. The number of nitrogens with zero attached hydrogens (tertiary/aromatic N) is 2. The van der Waals surface area contributed by atoms with Gasteiger partial charge in [0.15, 0.2) is 0 Å². The van der Waals surface area contributed by atoms with Gasteiger partial charge in [-0.25, -0.2) is 0 Å². The second-order valence-electron chi connectivity index (χ2n) is 9.82. The van der Waals surface area contributed by atoms with Crippen molar-refractivity contribution in [3.05, 3.63) is 0 Å². The Hall–Kier alpha value is -0.610. The number of amides is 1. The molecular weight excluding hydrogens is 324 g/mol. The summed E-state index contributed by atoms with van der Waals surface area (Å²) in [6.07, 6.45) is 7.43. The van der Waals surface area contributed by atoms with E-state index in [1.807, 2.05) is 0 Å². The first-order chi connectivity index (χ1) is 12.4. The minimum atomic E-state index is 0.268. The van der Waals surface area contributed by atoms with E-state index in [4.69, 9.17) is 4.74 Å². The second kappa shape index (κ2) is 8.60. The van der Waals surface area contributed by atoms with Gasteiger partial charge in [0.05, 0.1) is 12.7 Å². The van der Waals surface area contributed by atoms with Crippen LogP contribution < -0.4 is 0 Å². The summed E-state index contributed by atoms with van der Waals surface area (Å²) in [5.74, 6) is 2.27. The number of hydrogen-bond acceptors (Lipinski definition) is 3. The molecule has 0 bridgehead atoms. The van der Waals surface area contributed by atoms with Crippen LogP contribution in [0.4, 0.5) is 0 Å². The van der Waals surface area contributed by atoms with Gasteiger partial charge >= 0.3 is 0 Å². The highest BCUT2D eigenvalue weighted by Gasteiger charge is 2.45. The Kier molecular flexibility index (Phi) is 6.66. The van der Waals surface area contributed by atoms with Crippen LogP contribution >= 0.6 is 0 Å². The third-order valence-corrected chi connectivity index (χ3v) is 6.97. The third-order valence-electron chi connectivity index (χ3n) is 6.97. The number of carbonyl (C=O) groups is 1. The maximum atomic E-state index is 12.9. The maximum absolute atomic E-state index is 12.9. The largest absolute Gasteiger partial charge is 0.378 e. The van der Waals surface area contributed by atoms with Gasteiger partial charge in [0.2, 0.25) is 5.91 Å². The fourth-order valence-corrected chi connectivity index (χ4v) is 4.73. The molecule has 0 atom stereocenters. The van der Waals surface area contributed by atoms with E-state index in [1.54, 1.807) is 0 Å². The van der Waals surface area contributed by atoms with E-state index in [1.165, 1.54) is 32.2 Å². The molecule has 150 valence electrons. The Balaban J connectivity index is 1.39. The molecule has 4 heteroatoms. The van der Waals surface area contributed by atoms with Crippen molar-refractivity contribution in [2.24, 2.45) is 23.2 Å². The summed E-state index contributed by atoms with van der Waals surface area (Å²) >= 11 is 0. The van der Waals surface area contributed by atoms with E-state index in [9.17, 15) is 4.79 Å². The molecule has 0 N–H and O–H groups in total. The molecule has 1 saturated carbocycles. The summed E-state index contributed by atoms with van der Waals surface area (Å²) in [5, 5.41) is 0. The lowest BCUT2D eigenvalue weighted by molar-refractivity contribution is -0.138. The van der Waals surface area contributed by atoms with Gasteiger partial charge < -0.3 is 14.5 Å². The van der Waals surface area contributed by atoms with Crippen LogP contribution in [0.25, 0.3) is 0 Å². The lowest BCUT2D eigenvalue weighted by Gasteiger charge is -2.39. The minimum absolute atomic E-state index is 0.268. The maximum Gasteiger partial charge on any atom is 0.225 e. The van der Waals surface area contributed by atoms with Crippen molar-refractivity contribution in [3.63, 3.8) is 0 Å². The summed E-state index contributed by atoms with van der Waals surface area (Å²) in [6.45, 7) is 15.1. The molecule has 2 heterocycles. The van der Waals surface area contributed by atoms with Gasteiger partial charge in [-0.1, -0.05) is 13.8 Å². The molecule has 0 aromatic heterocycles. The standard InChI is InChI=1S/C22H40N2O2/c1-17(2)19-7-13-24(14-8-19)21(25)20-5-11-23(12-6-20)15-22(9-10-22)16-26-18(3)4/h17-20H,5-16H2,1-4H3. The van der Waals surface area contributed by atoms with Crippen molar-refractivity contribution in [2.45, 2.75) is 72.3 Å². The van der Waals surface area contributed by atoms with Crippen molar-refractivity contribution in [3.8, 4) is 0 Å². The topological polar surface area (TPSA) is 32.8 Å². The van der Waals surface area contributed by atoms with Gasteiger partial charge in [-0.2, -0.15) is 0 Å². The number of likely N-dealkylation sites (tertiary alicyclic amines) is 2. The van der Waals surface area contributed by atoms with Crippen molar-refractivity contribution in [1.29, 1.82) is 0 Å². The van der Waals surface area contributed by atoms with E-state index in [0.717, 1.165) is 57.5 Å². The molecule has 0 unspecified atom stereocenters. The zero-order chi connectivity index (χ0) is 18.7. The number of carbonyl (C=O) groups excluding carboxylic acids is 1. The van der Waals surface area contributed by atoms with E-state index in [0.29, 0.717) is 17.4 Å². The Morgan fingerprint density at radius 2 is 1.62 bits per heavy atom. The van der Waals surface area contributed by atoms with E-state index in [2.05, 4.69) is 37.5 Å². The van der Waals surface area contributed by atoms with Crippen LogP contribution in [0.5, 0.6) is 0 Å². The summed E-state index contributed by atoms with van der Waals surface area (Å²) in [6, 6.07) is 0. The van der Waals surface area contributed by atoms with Crippen LogP contribution in [-0.4, -0.2) is 61.1 Å². The fraction of sp³-hybridized carbons (Fsp3) is 0.955. The monoisotopic (exact) mass is 364 g/mol. The summed E-state index contributed by atoms with van der Waals surface area (Å²) < 4.78 is 5.89. The Bertz CT molecular complexity index is 457. The smallest absolute Gasteiger partial charge is 0.225 e. The van der Waals surface area contributed by atoms with Crippen LogP contribution in [0.2, 0.25) is 0 Å². The molecule has 2 saturated heterocycles. The molecule has 26 heavy (non-hydrogen) atoms. The molecule has 4 nitrogen and oxygen atoms in total. The number of ether oxygens (including phenoxy) is 1. The van der Waals surface area contributed by atoms with Crippen LogP contribution in [-0.2, 0) is 9.53 Å². The Morgan fingerprint density at radius 1 is 1.00 bits per heavy atom. The molecule has 2 aliphatic heterocycles. The highest BCUT2D eigenvalue weighted by Crippen LogP contribution is 2.47. The van der Waals surface area contributed by atoms with Crippen LogP contribution in [0, 0.1) is 23.2 Å². The zero-order valence-corrected chi connectivity index (χ0v) is 17.5. The Labute approximate surface area is 160 Å². The summed E-state index contributed by atoms with van der Waals surface area (Å²) in [4.78, 5) is 17.7. The number of piperidine rings is 2. The Morgan fingerprint density at radius 3 is 2.12 bits per heavy atom. The lowest BCUT2D eigenvalue weighted by Crippen LogP contribution is -2.46. The van der Waals surface area contributed by atoms with Gasteiger partial charge in [0.25, 0.3) is 0 Å². The molecule has 0 aromatic carbocycles. The van der Waals surface area contributed by atoms with Crippen LogP contribution in [0.15, 0.2) is 0 Å². The van der Waals surface area contributed by atoms with E-state index >= 15 is 0 Å². The number of hydrogen-bond donors (Lipinski definition) is 0. The van der Waals surface area contributed by atoms with Crippen molar-refractivity contribution < 1.29 is 9.53 Å². The van der Waals surface area contributed by atoms with Crippen molar-refractivity contribution in [1.82, 2.24) is 9.80 Å². The minimum Gasteiger partial charge on any atom is -0.378 e. The molecule has 3 fully saturated rings. The normalized spacial score (nSPS) is 25.2. The van der Waals surface area contributed by atoms with E-state index < -0.39 is 0 Å². The van der Waals surface area contributed by atoms with Gasteiger partial charge in [0.1, 0.15) is 0 Å². The van der Waals surface area contributed by atoms with Gasteiger partial charge in [-0.3, -0.25) is 4.79 Å². The predicted molar refractivity (Wildman–Crippen MR) is 106 cm³/mol. The summed E-state index contributed by atoms with van der Waals surface area (Å²) in [7, 11) is 0. The summed E-state index contributed by atoms with van der Waals surface area (Å²) in [5.41, 5.74) is 0.417. The predicted octanol–water partition coefficient (Wildman–Crippen LogP) is 3.80. The van der Waals surface area contributed by atoms with Crippen molar-refractivity contribution >= 4 is 5.91 Å². The van der Waals surface area contributed by atoms with Gasteiger partial charge in [-0.05, 0) is 77.3 Å². The van der Waals surface area contributed by atoms with E-state index in [-0.39, 0.29) is 5.92 Å². The quantitative estimate of drug-likeness (QED) is 0.689. The lowest BCUT2D eigenvalue weighted by atomic mass is 9.86. The fourth-order valence-electron chi connectivity index (χ4n) is 4.73. The molecule has 3 rings (SSSR count). The first-order valence-corrected chi connectivity index (χ1v) is 11.0. The SMILES string of the molecule is CC(C)OCC1(CN2CCC(C(=O)N3CCC(C(C)C)CC3)CC2)CC1. The highest BCUT2D eigenvalue weighted by molar-refractivity contribution is 5.79. The average Bonchev–Trinajstić information content (AvgIpc) is 3.40. The third kappa shape index (κ3) is 5.22. The molecule has 0 radical (unpaired) electrons. The van der Waals surface area contributed by atoms with Crippen LogP contribution in [0.1, 0.15) is 66.2 Å². The van der Waals surface area contributed by atoms with Gasteiger partial charge in [-0.15, -0.1) is 0 Å². The first kappa shape index (κ1) is 20.1. The zero-order valence-electron chi connectivity index (χ0n) is 17.5. The first-order valence-electron chi connectivity index (χ1n) is 11.0. The average molecular weight is 365 g/mol. The van der Waals surface area contributed by atoms with Crippen molar-refractivity contribution in [2.75, 3.05) is 39.3 Å². The molecular formula is C22H40N2O2. The van der Waals surface area contributed by atoms with Crippen LogP contribution in [0.3, 0.4) is 0 Å². The molecule has 0 spiro atoms. The molecule has 1 amide bonds. The molecule has 3 aliphatic rings. The number of rotatable bonds is 7. The molecule has 1 aliphatic carbocycles. The molecule has 0 aromatic rings. The highest BCUT2D eigenvalue weighted by atomic mass is 16.5. The van der Waals surface area contributed by atoms with Gasteiger partial charge in [0, 0.05) is 31.0 Å².